The van der Waals surface area contributed by atoms with Gasteiger partial charge in [0.05, 0.1) is 12.2 Å². The number of ether oxygens (including phenoxy) is 1. The van der Waals surface area contributed by atoms with Crippen LogP contribution in [0.3, 0.4) is 0 Å². The van der Waals surface area contributed by atoms with E-state index in [1.54, 1.807) is 4.08 Å². The molecule has 2 heterocycles. The molecule has 3 N–H and O–H groups in total. The molecule has 1 fully saturated rings. The van der Waals surface area contributed by atoms with Gasteiger partial charge in [0.1, 0.15) is 12.2 Å². The second kappa shape index (κ2) is 6.16. The van der Waals surface area contributed by atoms with Gasteiger partial charge in [-0.1, -0.05) is 22.6 Å². The van der Waals surface area contributed by atoms with E-state index in [0.29, 0.717) is 0 Å². The van der Waals surface area contributed by atoms with E-state index in [1.807, 2.05) is 27.6 Å². The van der Waals surface area contributed by atoms with Crippen LogP contribution in [0, 0.1) is 0 Å². The third-order valence-corrected chi connectivity index (χ3v) is 3.35. The maximum atomic E-state index is 13.9. The van der Waals surface area contributed by atoms with Gasteiger partial charge in [-0.2, -0.15) is 0 Å². The predicted octanol–water partition coefficient (Wildman–Crippen LogP) is -0.469. The first-order valence-electron chi connectivity index (χ1n) is 5.70. The van der Waals surface area contributed by atoms with Crippen LogP contribution in [0.4, 0.5) is 4.39 Å². The molecule has 0 aliphatic carbocycles. The Hall–Kier alpha value is -1.04. The number of halogens is 2. The third kappa shape index (κ3) is 2.71. The van der Waals surface area contributed by atoms with E-state index in [0.717, 1.165) is 10.8 Å². The highest BCUT2D eigenvalue weighted by molar-refractivity contribution is 14.1. The van der Waals surface area contributed by atoms with Crippen molar-refractivity contribution < 1.29 is 19.3 Å². The Balaban J connectivity index is 2.46. The molecule has 7 nitrogen and oxygen atoms in total. The Morgan fingerprint density at radius 3 is 2.80 bits per heavy atom. The van der Waals surface area contributed by atoms with Crippen molar-refractivity contribution in [3.8, 4) is 0 Å². The highest BCUT2D eigenvalue weighted by Gasteiger charge is 2.45. The quantitative estimate of drug-likeness (QED) is 0.600. The normalized spacial score (nSPS) is 30.2. The number of aliphatic hydroxyl groups excluding tert-OH is 2. The number of aliphatic hydroxyl groups is 2. The number of nitrogens with one attached hydrogen (secondary N) is 1. The summed E-state index contributed by atoms with van der Waals surface area (Å²) in [7, 11) is 0. The Morgan fingerprint density at radius 1 is 1.55 bits per heavy atom. The molecule has 0 aromatic carbocycles. The second-order valence-corrected chi connectivity index (χ2v) is 4.95. The average Bonchev–Trinajstić information content (AvgIpc) is 2.70. The van der Waals surface area contributed by atoms with Crippen molar-refractivity contribution in [2.24, 2.45) is 0 Å². The van der Waals surface area contributed by atoms with E-state index in [2.05, 4.69) is 0 Å². The van der Waals surface area contributed by atoms with Crippen LogP contribution in [0.1, 0.15) is 11.8 Å². The van der Waals surface area contributed by atoms with Crippen LogP contribution in [0.25, 0.3) is 6.08 Å². The molecule has 1 aliphatic heterocycles. The largest absolute Gasteiger partial charge is 0.394 e. The SMILES string of the molecule is O=c1[nH]c(=O)n([C@@H]2O[C@H](CO)[C@@H](O)[C@H]2F)cc1/C=C/[125I]. The maximum Gasteiger partial charge on any atom is 0.330 e. The number of aromatic nitrogens is 2. The summed E-state index contributed by atoms with van der Waals surface area (Å²) in [6.07, 6.45) is -3.33. The molecule has 4 atom stereocenters. The number of hydrogen-bond donors (Lipinski definition) is 3. The number of rotatable bonds is 3. The predicted molar refractivity (Wildman–Crippen MR) is 76.3 cm³/mol. The van der Waals surface area contributed by atoms with E-state index >= 15 is 0 Å². The molecule has 1 aromatic heterocycles. The molecule has 20 heavy (non-hydrogen) atoms. The molecule has 2 rings (SSSR count). The molecule has 1 aliphatic rings. The smallest absolute Gasteiger partial charge is 0.330 e. The summed E-state index contributed by atoms with van der Waals surface area (Å²) >= 11 is 1.89. The standard InChI is InChI=1S/C11H12FIN2O5/c12-7-8(17)6(4-16)20-10(7)15-3-5(1-2-13)9(18)14-11(15)19/h1-3,6-8,10,16-17H,4H2,(H,14,18,19)/b2-1+/t6-,7-,8-,10-/m1/s1/i13-2. The van der Waals surface area contributed by atoms with Crippen LogP contribution in [-0.2, 0) is 4.74 Å². The summed E-state index contributed by atoms with van der Waals surface area (Å²) in [5.74, 6) is 0. The number of nitrogens with zero attached hydrogens (tertiary/aromatic N) is 1. The van der Waals surface area contributed by atoms with E-state index in [1.165, 1.54) is 6.08 Å². The highest BCUT2D eigenvalue weighted by atomic mass is 125. The molecule has 1 aromatic rings. The zero-order chi connectivity index (χ0) is 14.9. The summed E-state index contributed by atoms with van der Waals surface area (Å²) in [5, 5.41) is 18.5. The molecule has 0 spiro atoms. The van der Waals surface area contributed by atoms with E-state index in [9.17, 15) is 19.1 Å². The summed E-state index contributed by atoms with van der Waals surface area (Å²) < 4.78 is 21.5. The zero-order valence-corrected chi connectivity index (χ0v) is 12.2. The Kier molecular flexibility index (Phi) is 4.73. The van der Waals surface area contributed by atoms with Gasteiger partial charge in [-0.25, -0.2) is 9.18 Å². The van der Waals surface area contributed by atoms with Crippen molar-refractivity contribution in [2.75, 3.05) is 6.61 Å². The molecule has 0 saturated carbocycles. The first-order valence-corrected chi connectivity index (χ1v) is 6.95. The van der Waals surface area contributed by atoms with Crippen molar-refractivity contribution >= 4 is 28.7 Å². The summed E-state index contributed by atoms with van der Waals surface area (Å²) in [6, 6.07) is 0. The van der Waals surface area contributed by atoms with Crippen molar-refractivity contribution in [3.63, 3.8) is 0 Å². The van der Waals surface area contributed by atoms with Crippen LogP contribution in [-0.4, -0.2) is 44.8 Å². The molecule has 110 valence electrons. The van der Waals surface area contributed by atoms with Crippen LogP contribution >= 0.6 is 22.6 Å². The molecular weight excluding hydrogens is 384 g/mol. The van der Waals surface area contributed by atoms with Gasteiger partial charge in [0.2, 0.25) is 0 Å². The van der Waals surface area contributed by atoms with Gasteiger partial charge in [-0.15, -0.1) is 0 Å². The Bertz CT molecular complexity index is 628. The molecule has 0 radical (unpaired) electrons. The number of alkyl halides is 1. The summed E-state index contributed by atoms with van der Waals surface area (Å²) in [5.41, 5.74) is -1.30. The van der Waals surface area contributed by atoms with E-state index in [-0.39, 0.29) is 5.56 Å². The minimum absolute atomic E-state index is 0.150. The van der Waals surface area contributed by atoms with E-state index < -0.39 is 42.5 Å². The Morgan fingerprint density at radius 2 is 2.25 bits per heavy atom. The fourth-order valence-corrected chi connectivity index (χ4v) is 2.34. The Labute approximate surface area is 125 Å². The van der Waals surface area contributed by atoms with Gasteiger partial charge >= 0.3 is 5.69 Å². The molecular formula is C11H12FIN2O5. The van der Waals surface area contributed by atoms with Gasteiger partial charge in [0.15, 0.2) is 12.4 Å². The van der Waals surface area contributed by atoms with Gasteiger partial charge in [0, 0.05) is 6.20 Å². The lowest BCUT2D eigenvalue weighted by Gasteiger charge is -2.16. The van der Waals surface area contributed by atoms with Gasteiger partial charge in [-0.3, -0.25) is 14.3 Å². The van der Waals surface area contributed by atoms with Gasteiger partial charge in [-0.05, 0) is 10.2 Å². The zero-order valence-electron chi connectivity index (χ0n) is 10.1. The van der Waals surface area contributed by atoms with Crippen molar-refractivity contribution in [1.82, 2.24) is 9.55 Å². The van der Waals surface area contributed by atoms with Crippen molar-refractivity contribution in [2.45, 2.75) is 24.6 Å². The lowest BCUT2D eigenvalue weighted by Crippen LogP contribution is -2.36. The fourth-order valence-electron chi connectivity index (χ4n) is 1.95. The topological polar surface area (TPSA) is 105 Å². The van der Waals surface area contributed by atoms with Gasteiger partial charge in [0.25, 0.3) is 5.56 Å². The summed E-state index contributed by atoms with van der Waals surface area (Å²) in [6.45, 7) is -0.573. The maximum absolute atomic E-state index is 13.9. The molecule has 0 amide bonds. The van der Waals surface area contributed by atoms with Crippen LogP contribution in [0.15, 0.2) is 19.9 Å². The van der Waals surface area contributed by atoms with E-state index in [4.69, 9.17) is 9.84 Å². The molecule has 1 saturated heterocycles. The van der Waals surface area contributed by atoms with Crippen LogP contribution in [0.5, 0.6) is 0 Å². The molecule has 0 bridgehead atoms. The van der Waals surface area contributed by atoms with Crippen LogP contribution < -0.4 is 11.2 Å². The van der Waals surface area contributed by atoms with Crippen LogP contribution in [0.2, 0.25) is 0 Å². The highest BCUT2D eigenvalue weighted by Crippen LogP contribution is 2.30. The lowest BCUT2D eigenvalue weighted by molar-refractivity contribution is -0.0491. The minimum atomic E-state index is -1.88. The molecule has 0 unspecified atom stereocenters. The summed E-state index contributed by atoms with van der Waals surface area (Å²) in [4.78, 5) is 25.3. The number of H-pyrrole nitrogens is 1. The van der Waals surface area contributed by atoms with Crippen molar-refractivity contribution in [3.05, 3.63) is 36.7 Å². The minimum Gasteiger partial charge on any atom is -0.394 e. The first-order chi connectivity index (χ1) is 9.49. The second-order valence-electron chi connectivity index (χ2n) is 4.23. The number of hydrogen-bond acceptors (Lipinski definition) is 5. The molecule has 9 heteroatoms. The number of aromatic amines is 1. The van der Waals surface area contributed by atoms with Gasteiger partial charge < -0.3 is 14.9 Å². The average molecular weight is 396 g/mol. The monoisotopic (exact) mass is 396 g/mol. The fraction of sp³-hybridized carbons (Fsp3) is 0.455. The first kappa shape index (κ1) is 15.4. The van der Waals surface area contributed by atoms with Crippen molar-refractivity contribution in [1.29, 1.82) is 0 Å². The lowest BCUT2D eigenvalue weighted by atomic mass is 10.1. The third-order valence-electron chi connectivity index (χ3n) is 2.99.